The first-order valence-electron chi connectivity index (χ1n) is 9.81. The van der Waals surface area contributed by atoms with Gasteiger partial charge in [0.25, 0.3) is 5.91 Å². The third-order valence-electron chi connectivity index (χ3n) is 5.30. The van der Waals surface area contributed by atoms with E-state index in [1.165, 1.54) is 11.3 Å². The molecule has 0 saturated carbocycles. The molecular weight excluding hydrogens is 462 g/mol. The zero-order chi connectivity index (χ0) is 22.2. The van der Waals surface area contributed by atoms with Crippen molar-refractivity contribution in [2.24, 2.45) is 0 Å². The Balaban J connectivity index is 1.59. The van der Waals surface area contributed by atoms with Crippen LogP contribution < -0.4 is 10.6 Å². The van der Waals surface area contributed by atoms with E-state index < -0.39 is 22.0 Å². The molecule has 1 aliphatic carbocycles. The molecule has 2 N–H and O–H groups in total. The molecule has 1 aromatic carbocycles. The number of benzene rings is 1. The number of hydrogen-bond donors (Lipinski definition) is 2. The Labute approximate surface area is 189 Å². The van der Waals surface area contributed by atoms with Crippen LogP contribution in [0.25, 0.3) is 0 Å². The molecule has 1 unspecified atom stereocenters. The van der Waals surface area contributed by atoms with Gasteiger partial charge in [0.05, 0.1) is 25.0 Å². The van der Waals surface area contributed by atoms with Crippen molar-refractivity contribution in [1.29, 1.82) is 0 Å². The highest BCUT2D eigenvalue weighted by molar-refractivity contribution is 7.88. The van der Waals surface area contributed by atoms with E-state index in [1.54, 1.807) is 24.3 Å². The average Bonchev–Trinajstić information content (AvgIpc) is 3.29. The predicted molar refractivity (Wildman–Crippen MR) is 121 cm³/mol. The Morgan fingerprint density at radius 2 is 1.94 bits per heavy atom. The van der Waals surface area contributed by atoms with Crippen molar-refractivity contribution < 1.29 is 22.7 Å². The summed E-state index contributed by atoms with van der Waals surface area (Å²) in [4.78, 5) is 27.2. The number of thiophene rings is 1. The number of carbonyl (C=O) groups is 2. The lowest BCUT2D eigenvalue weighted by atomic mass is 10.1. The Bertz CT molecular complexity index is 1110. The van der Waals surface area contributed by atoms with Crippen molar-refractivity contribution in [3.8, 4) is 0 Å². The van der Waals surface area contributed by atoms with Gasteiger partial charge in [-0.1, -0.05) is 11.6 Å². The first-order valence-corrected chi connectivity index (χ1v) is 12.8. The van der Waals surface area contributed by atoms with Gasteiger partial charge in [-0.15, -0.1) is 11.3 Å². The number of morpholine rings is 1. The molecule has 4 rings (SSSR count). The van der Waals surface area contributed by atoms with Gasteiger partial charge in [-0.05, 0) is 49.1 Å². The standard InChI is InChI=1S/C20H22ClN3O5S2/c1-31(27,28)24-9-10-29-11-15(24)18(25)23-20-17(14-3-2-4-16(14)30-20)19(26)22-13-7-5-12(21)6-8-13/h5-8,15H,2-4,9-11H2,1H3,(H,22,26)(H,23,25). The van der Waals surface area contributed by atoms with Gasteiger partial charge >= 0.3 is 0 Å². The maximum absolute atomic E-state index is 13.1. The van der Waals surface area contributed by atoms with E-state index in [0.717, 1.165) is 40.3 Å². The van der Waals surface area contributed by atoms with Crippen LogP contribution in [0.4, 0.5) is 10.7 Å². The first kappa shape index (κ1) is 22.2. The van der Waals surface area contributed by atoms with Crippen LogP contribution in [-0.2, 0) is 32.4 Å². The van der Waals surface area contributed by atoms with Crippen molar-refractivity contribution in [2.45, 2.75) is 25.3 Å². The second-order valence-corrected chi connectivity index (χ2v) is 11.0. The van der Waals surface area contributed by atoms with Crippen molar-refractivity contribution in [3.63, 3.8) is 0 Å². The van der Waals surface area contributed by atoms with Crippen LogP contribution in [0.15, 0.2) is 24.3 Å². The van der Waals surface area contributed by atoms with Gasteiger partial charge in [0.15, 0.2) is 0 Å². The van der Waals surface area contributed by atoms with E-state index in [9.17, 15) is 18.0 Å². The van der Waals surface area contributed by atoms with Crippen molar-refractivity contribution in [2.75, 3.05) is 36.6 Å². The third-order valence-corrected chi connectivity index (χ3v) is 8.04. The van der Waals surface area contributed by atoms with Crippen LogP contribution in [-0.4, -0.2) is 56.6 Å². The Hall–Kier alpha value is -1.98. The maximum atomic E-state index is 13.1. The normalized spacial score (nSPS) is 19.1. The van der Waals surface area contributed by atoms with Crippen molar-refractivity contribution in [1.82, 2.24) is 4.31 Å². The highest BCUT2D eigenvalue weighted by atomic mass is 35.5. The molecule has 1 fully saturated rings. The number of nitrogens with zero attached hydrogens (tertiary/aromatic N) is 1. The number of hydrogen-bond acceptors (Lipinski definition) is 6. The minimum atomic E-state index is -3.57. The lowest BCUT2D eigenvalue weighted by molar-refractivity contribution is -0.123. The fraction of sp³-hybridized carbons (Fsp3) is 0.400. The lowest BCUT2D eigenvalue weighted by Gasteiger charge is -2.32. The lowest BCUT2D eigenvalue weighted by Crippen LogP contribution is -2.53. The Kier molecular flexibility index (Phi) is 6.36. The topological polar surface area (TPSA) is 105 Å². The minimum absolute atomic E-state index is 0.0315. The van der Waals surface area contributed by atoms with E-state index in [1.807, 2.05) is 0 Å². The second-order valence-electron chi connectivity index (χ2n) is 7.48. The predicted octanol–water partition coefficient (Wildman–Crippen LogP) is 2.74. The first-order chi connectivity index (χ1) is 14.7. The Morgan fingerprint density at radius 3 is 2.65 bits per heavy atom. The highest BCUT2D eigenvalue weighted by Gasteiger charge is 2.36. The molecule has 0 spiro atoms. The number of halogens is 1. The number of carbonyl (C=O) groups excluding carboxylic acids is 2. The molecule has 0 radical (unpaired) electrons. The van der Waals surface area contributed by atoms with Crippen LogP contribution in [0.3, 0.4) is 0 Å². The van der Waals surface area contributed by atoms with E-state index in [-0.39, 0.29) is 25.7 Å². The molecule has 1 atom stereocenters. The smallest absolute Gasteiger partial charge is 0.258 e. The van der Waals surface area contributed by atoms with Gasteiger partial charge in [0, 0.05) is 22.1 Å². The molecule has 2 aromatic rings. The molecule has 2 amide bonds. The molecule has 1 saturated heterocycles. The molecule has 0 bridgehead atoms. The summed E-state index contributed by atoms with van der Waals surface area (Å²) in [6, 6.07) is 5.79. The summed E-state index contributed by atoms with van der Waals surface area (Å²) in [5.41, 5.74) is 1.96. The molecule has 8 nitrogen and oxygen atoms in total. The van der Waals surface area contributed by atoms with Gasteiger partial charge in [0.2, 0.25) is 15.9 Å². The fourth-order valence-electron chi connectivity index (χ4n) is 3.85. The summed E-state index contributed by atoms with van der Waals surface area (Å²) >= 11 is 7.28. The largest absolute Gasteiger partial charge is 0.378 e. The molecular formula is C20H22ClN3O5S2. The average molecular weight is 484 g/mol. The van der Waals surface area contributed by atoms with Gasteiger partial charge in [-0.3, -0.25) is 9.59 Å². The van der Waals surface area contributed by atoms with E-state index >= 15 is 0 Å². The number of anilines is 2. The fourth-order valence-corrected chi connectivity index (χ4v) is 6.29. The number of rotatable bonds is 5. The zero-order valence-electron chi connectivity index (χ0n) is 16.8. The quantitative estimate of drug-likeness (QED) is 0.680. The molecule has 2 heterocycles. The van der Waals surface area contributed by atoms with E-state index in [4.69, 9.17) is 16.3 Å². The summed E-state index contributed by atoms with van der Waals surface area (Å²) in [6.45, 7) is 0.316. The van der Waals surface area contributed by atoms with Crippen LogP contribution in [0.2, 0.25) is 5.02 Å². The Morgan fingerprint density at radius 1 is 1.19 bits per heavy atom. The van der Waals surface area contributed by atoms with Crippen LogP contribution in [0.1, 0.15) is 27.2 Å². The zero-order valence-corrected chi connectivity index (χ0v) is 19.2. The maximum Gasteiger partial charge on any atom is 0.258 e. The van der Waals surface area contributed by atoms with Crippen LogP contribution >= 0.6 is 22.9 Å². The van der Waals surface area contributed by atoms with Crippen molar-refractivity contribution in [3.05, 3.63) is 45.3 Å². The molecule has 166 valence electrons. The van der Waals surface area contributed by atoms with Gasteiger partial charge in [-0.2, -0.15) is 4.31 Å². The third kappa shape index (κ3) is 4.78. The molecule has 31 heavy (non-hydrogen) atoms. The molecule has 1 aromatic heterocycles. The van der Waals surface area contributed by atoms with E-state index in [0.29, 0.717) is 21.3 Å². The molecule has 2 aliphatic rings. The molecule has 11 heteroatoms. The summed E-state index contributed by atoms with van der Waals surface area (Å²) in [6.07, 6.45) is 3.63. The van der Waals surface area contributed by atoms with Crippen molar-refractivity contribution >= 4 is 55.5 Å². The van der Waals surface area contributed by atoms with Gasteiger partial charge < -0.3 is 15.4 Å². The number of ether oxygens (including phenoxy) is 1. The minimum Gasteiger partial charge on any atom is -0.378 e. The van der Waals surface area contributed by atoms with Crippen LogP contribution in [0, 0.1) is 0 Å². The summed E-state index contributed by atoms with van der Waals surface area (Å²) < 4.78 is 30.7. The summed E-state index contributed by atoms with van der Waals surface area (Å²) in [7, 11) is -3.57. The van der Waals surface area contributed by atoms with Gasteiger partial charge in [0.1, 0.15) is 11.0 Å². The van der Waals surface area contributed by atoms with Gasteiger partial charge in [-0.25, -0.2) is 8.42 Å². The highest BCUT2D eigenvalue weighted by Crippen LogP contribution is 2.39. The molecule has 1 aliphatic heterocycles. The number of aryl methyl sites for hydroxylation is 1. The SMILES string of the molecule is CS(=O)(=O)N1CCOCC1C(=O)Nc1sc2c(c1C(=O)Nc1ccc(Cl)cc1)CCC2. The second kappa shape index (κ2) is 8.87. The summed E-state index contributed by atoms with van der Waals surface area (Å²) in [5, 5.41) is 6.65. The van der Waals surface area contributed by atoms with Crippen LogP contribution in [0.5, 0.6) is 0 Å². The number of sulfonamides is 1. The number of fused-ring (bicyclic) bond motifs is 1. The number of nitrogens with one attached hydrogen (secondary N) is 2. The number of amides is 2. The van der Waals surface area contributed by atoms with E-state index in [2.05, 4.69) is 10.6 Å². The monoisotopic (exact) mass is 483 g/mol. The summed E-state index contributed by atoms with van der Waals surface area (Å²) in [5.74, 6) is -0.831.